The average molecular weight is 483 g/mol. The van der Waals surface area contributed by atoms with E-state index in [1.165, 1.54) is 16.7 Å². The lowest BCUT2D eigenvalue weighted by molar-refractivity contribution is 0.0359. The second-order valence-corrected chi connectivity index (χ2v) is 10.6. The summed E-state index contributed by atoms with van der Waals surface area (Å²) in [5, 5.41) is 9.13. The Kier molecular flexibility index (Phi) is 7.11. The highest BCUT2D eigenvalue weighted by atomic mass is 32.2. The van der Waals surface area contributed by atoms with E-state index in [1.54, 1.807) is 12.1 Å². The van der Waals surface area contributed by atoms with Crippen LogP contribution in [0.4, 0.5) is 0 Å². The Hall–Kier alpha value is -3.23. The summed E-state index contributed by atoms with van der Waals surface area (Å²) in [6.45, 7) is 2.16. The summed E-state index contributed by atoms with van der Waals surface area (Å²) < 4.78 is 6.21. The highest BCUT2D eigenvalue weighted by Crippen LogP contribution is 2.38. The molecule has 2 atom stereocenters. The molecule has 2 heterocycles. The van der Waals surface area contributed by atoms with E-state index >= 15 is 0 Å². The Morgan fingerprint density at radius 3 is 2.46 bits per heavy atom. The molecular weight excluding hydrogens is 452 g/mol. The Morgan fingerprint density at radius 2 is 1.74 bits per heavy atom. The van der Waals surface area contributed by atoms with Gasteiger partial charge in [-0.15, -0.1) is 0 Å². The monoisotopic (exact) mass is 482 g/mol. The number of aryl methyl sites for hydroxylation is 1. The van der Waals surface area contributed by atoms with Crippen molar-refractivity contribution in [3.63, 3.8) is 0 Å². The normalized spacial score (nSPS) is 20.9. The van der Waals surface area contributed by atoms with Crippen LogP contribution in [-0.4, -0.2) is 29.0 Å². The molecule has 178 valence electrons. The van der Waals surface area contributed by atoms with E-state index in [0.29, 0.717) is 5.56 Å². The first-order valence-electron chi connectivity index (χ1n) is 12.3. The van der Waals surface area contributed by atoms with E-state index in [0.717, 1.165) is 48.5 Å². The van der Waals surface area contributed by atoms with Gasteiger partial charge in [-0.25, -0.2) is 0 Å². The lowest BCUT2D eigenvalue weighted by atomic mass is 9.98. The molecule has 0 saturated carbocycles. The number of amides is 1. The first kappa shape index (κ1) is 23.5. The van der Waals surface area contributed by atoms with E-state index in [4.69, 9.17) is 10.00 Å². The van der Waals surface area contributed by atoms with Crippen molar-refractivity contribution in [2.45, 2.75) is 62.3 Å². The van der Waals surface area contributed by atoms with Crippen molar-refractivity contribution in [1.29, 1.82) is 5.26 Å². The second-order valence-electron chi connectivity index (χ2n) is 9.56. The van der Waals surface area contributed by atoms with Gasteiger partial charge in [0, 0.05) is 42.0 Å². The van der Waals surface area contributed by atoms with Crippen molar-refractivity contribution in [2.24, 2.45) is 0 Å². The molecule has 5 heteroatoms. The van der Waals surface area contributed by atoms with Crippen LogP contribution in [0.5, 0.6) is 5.75 Å². The first-order chi connectivity index (χ1) is 17.1. The van der Waals surface area contributed by atoms with Crippen molar-refractivity contribution < 1.29 is 9.53 Å². The summed E-state index contributed by atoms with van der Waals surface area (Å²) in [7, 11) is 0. The van der Waals surface area contributed by atoms with Crippen molar-refractivity contribution in [2.75, 3.05) is 0 Å². The van der Waals surface area contributed by atoms with Gasteiger partial charge < -0.3 is 9.64 Å². The molecule has 0 spiro atoms. The summed E-state index contributed by atoms with van der Waals surface area (Å²) in [6, 6.07) is 26.6. The molecule has 4 nitrogen and oxygen atoms in total. The van der Waals surface area contributed by atoms with Gasteiger partial charge in [-0.05, 0) is 66.8 Å². The average Bonchev–Trinajstić information content (AvgIpc) is 3.15. The van der Waals surface area contributed by atoms with Gasteiger partial charge in [0.2, 0.25) is 0 Å². The van der Waals surface area contributed by atoms with Crippen LogP contribution in [0.1, 0.15) is 58.3 Å². The number of hydrogen-bond acceptors (Lipinski definition) is 4. The van der Waals surface area contributed by atoms with Crippen molar-refractivity contribution in [3.8, 4) is 11.8 Å². The van der Waals surface area contributed by atoms with Crippen LogP contribution >= 0.6 is 11.8 Å². The molecule has 0 N–H and O–H groups in total. The lowest BCUT2D eigenvalue weighted by Crippen LogP contribution is -2.49. The Labute approximate surface area is 211 Å². The molecule has 3 aromatic rings. The molecule has 35 heavy (non-hydrogen) atoms. The van der Waals surface area contributed by atoms with Crippen LogP contribution in [0.25, 0.3) is 0 Å². The van der Waals surface area contributed by atoms with Gasteiger partial charge in [-0.3, -0.25) is 4.79 Å². The van der Waals surface area contributed by atoms with Crippen LogP contribution < -0.4 is 4.74 Å². The summed E-state index contributed by atoms with van der Waals surface area (Å²) in [4.78, 5) is 15.5. The van der Waals surface area contributed by atoms with E-state index in [9.17, 15) is 4.79 Å². The minimum absolute atomic E-state index is 0.0816. The van der Waals surface area contributed by atoms with Crippen molar-refractivity contribution in [1.82, 2.24) is 4.90 Å². The zero-order chi connectivity index (χ0) is 24.2. The Bertz CT molecular complexity index is 1220. The Morgan fingerprint density at radius 1 is 1.00 bits per heavy atom. The maximum Gasteiger partial charge on any atom is 0.254 e. The highest BCUT2D eigenvalue weighted by molar-refractivity contribution is 7.97. The number of hydrogen-bond donors (Lipinski definition) is 0. The molecule has 2 aliphatic rings. The van der Waals surface area contributed by atoms with E-state index in [1.807, 2.05) is 36.0 Å². The minimum atomic E-state index is 0.0816. The molecule has 0 radical (unpaired) electrons. The summed E-state index contributed by atoms with van der Waals surface area (Å²) in [5.74, 6) is 2.81. The van der Waals surface area contributed by atoms with E-state index in [2.05, 4.69) is 54.3 Å². The van der Waals surface area contributed by atoms with Crippen molar-refractivity contribution >= 4 is 17.7 Å². The summed E-state index contributed by atoms with van der Waals surface area (Å²) in [6.07, 6.45) is 3.82. The predicted molar refractivity (Wildman–Crippen MR) is 140 cm³/mol. The third-order valence-corrected chi connectivity index (χ3v) is 8.23. The van der Waals surface area contributed by atoms with Gasteiger partial charge in [0.05, 0.1) is 11.6 Å². The molecule has 0 aliphatic carbocycles. The summed E-state index contributed by atoms with van der Waals surface area (Å²) in [5.41, 5.74) is 5.34. The fraction of sp³-hybridized carbons (Fsp3) is 0.333. The molecule has 0 aromatic heterocycles. The van der Waals surface area contributed by atoms with Crippen LogP contribution in [0.15, 0.2) is 72.8 Å². The SMILES string of the molecule is Cc1ccccc1CSCc1ccc(C(=O)N2[C@H]3CC[C@H]2CC(Oc2cccc(C#N)c2)C3)cc1. The van der Waals surface area contributed by atoms with Gasteiger partial charge in [-0.2, -0.15) is 17.0 Å². The quantitative estimate of drug-likeness (QED) is 0.385. The zero-order valence-corrected chi connectivity index (χ0v) is 20.8. The van der Waals surface area contributed by atoms with Crippen LogP contribution in [-0.2, 0) is 11.5 Å². The predicted octanol–water partition coefficient (Wildman–Crippen LogP) is 6.51. The number of fused-ring (bicyclic) bond motifs is 2. The maximum absolute atomic E-state index is 13.4. The van der Waals surface area contributed by atoms with Gasteiger partial charge >= 0.3 is 0 Å². The lowest BCUT2D eigenvalue weighted by Gasteiger charge is -2.39. The number of benzene rings is 3. The second kappa shape index (κ2) is 10.6. The number of nitrogens with zero attached hydrogens (tertiary/aromatic N) is 2. The van der Waals surface area contributed by atoms with Gasteiger partial charge in [0.25, 0.3) is 5.91 Å². The van der Waals surface area contributed by atoms with Gasteiger partial charge in [0.15, 0.2) is 0 Å². The fourth-order valence-corrected chi connectivity index (χ4v) is 6.40. The summed E-state index contributed by atoms with van der Waals surface area (Å²) >= 11 is 1.90. The van der Waals surface area contributed by atoms with E-state index in [-0.39, 0.29) is 24.1 Å². The molecule has 1 amide bonds. The number of rotatable bonds is 7. The van der Waals surface area contributed by atoms with Crippen LogP contribution in [0.3, 0.4) is 0 Å². The molecule has 2 bridgehead atoms. The Balaban J connectivity index is 1.17. The molecular formula is C30H30N2O2S. The third-order valence-electron chi connectivity index (χ3n) is 7.18. The highest BCUT2D eigenvalue weighted by Gasteiger charge is 2.44. The van der Waals surface area contributed by atoms with Crippen LogP contribution in [0.2, 0.25) is 0 Å². The van der Waals surface area contributed by atoms with Crippen LogP contribution in [0, 0.1) is 18.3 Å². The largest absolute Gasteiger partial charge is 0.490 e. The standard InChI is InChI=1S/C30H30N2O2S/c1-21-5-2-3-7-25(21)20-35-19-22-9-11-24(12-10-22)30(33)32-26-13-14-27(32)17-29(16-26)34-28-8-4-6-23(15-28)18-31/h2-12,15,26-27,29H,13-14,16-17,19-20H2,1H3/t26-,27-/m0/s1. The molecule has 2 saturated heterocycles. The smallest absolute Gasteiger partial charge is 0.254 e. The number of piperidine rings is 1. The number of ether oxygens (including phenoxy) is 1. The number of carbonyl (C=O) groups is 1. The minimum Gasteiger partial charge on any atom is -0.490 e. The number of thioether (sulfide) groups is 1. The van der Waals surface area contributed by atoms with Gasteiger partial charge in [0.1, 0.15) is 11.9 Å². The fourth-order valence-electron chi connectivity index (χ4n) is 5.33. The first-order valence-corrected chi connectivity index (χ1v) is 13.5. The number of nitriles is 1. The molecule has 0 unspecified atom stereocenters. The van der Waals surface area contributed by atoms with Crippen molar-refractivity contribution in [3.05, 3.63) is 101 Å². The maximum atomic E-state index is 13.4. The molecule has 2 aliphatic heterocycles. The number of carbonyl (C=O) groups excluding carboxylic acids is 1. The topological polar surface area (TPSA) is 53.3 Å². The third kappa shape index (κ3) is 5.39. The molecule has 5 rings (SSSR count). The zero-order valence-electron chi connectivity index (χ0n) is 20.0. The molecule has 3 aromatic carbocycles. The van der Waals surface area contributed by atoms with E-state index < -0.39 is 0 Å². The molecule has 2 fully saturated rings. The van der Waals surface area contributed by atoms with Gasteiger partial charge in [-0.1, -0.05) is 42.5 Å².